The Morgan fingerprint density at radius 2 is 2.35 bits per heavy atom. The van der Waals surface area contributed by atoms with Crippen LogP contribution in [0.3, 0.4) is 0 Å². The van der Waals surface area contributed by atoms with E-state index >= 15 is 0 Å². The average molecular weight is 252 g/mol. The standard InChI is InChI=1S/C14H24N2S/c1-12-6-3-4-8-14(12,11-15)16(2)10-13-7-5-9-17-13/h5,7,9,12H,3-4,6,8,10-11,15H2,1-2H3. The van der Waals surface area contributed by atoms with E-state index in [1.807, 2.05) is 11.3 Å². The molecule has 1 fully saturated rings. The molecule has 1 aromatic rings. The molecule has 1 heterocycles. The van der Waals surface area contributed by atoms with Gasteiger partial charge < -0.3 is 5.73 Å². The summed E-state index contributed by atoms with van der Waals surface area (Å²) in [4.78, 5) is 3.95. The van der Waals surface area contributed by atoms with Crippen molar-refractivity contribution in [2.24, 2.45) is 11.7 Å². The first-order chi connectivity index (χ1) is 8.19. The molecule has 1 aliphatic rings. The zero-order chi connectivity index (χ0) is 12.3. The number of hydrogen-bond donors (Lipinski definition) is 1. The van der Waals surface area contributed by atoms with Gasteiger partial charge in [0.25, 0.3) is 0 Å². The van der Waals surface area contributed by atoms with Gasteiger partial charge in [0.15, 0.2) is 0 Å². The number of hydrogen-bond acceptors (Lipinski definition) is 3. The van der Waals surface area contributed by atoms with E-state index in [1.54, 1.807) is 0 Å². The van der Waals surface area contributed by atoms with Gasteiger partial charge in [-0.25, -0.2) is 0 Å². The van der Waals surface area contributed by atoms with Crippen molar-refractivity contribution in [1.82, 2.24) is 4.90 Å². The SMILES string of the molecule is CC1CCCCC1(CN)N(C)Cc1cccs1. The van der Waals surface area contributed by atoms with E-state index in [2.05, 4.69) is 36.4 Å². The van der Waals surface area contributed by atoms with Crippen molar-refractivity contribution in [2.45, 2.75) is 44.7 Å². The van der Waals surface area contributed by atoms with Crippen LogP contribution in [0.15, 0.2) is 17.5 Å². The lowest BCUT2D eigenvalue weighted by molar-refractivity contribution is 0.0286. The van der Waals surface area contributed by atoms with Crippen LogP contribution in [-0.2, 0) is 6.54 Å². The lowest BCUT2D eigenvalue weighted by Crippen LogP contribution is -2.57. The summed E-state index contributed by atoms with van der Waals surface area (Å²) in [5.41, 5.74) is 6.34. The lowest BCUT2D eigenvalue weighted by atomic mass is 9.72. The predicted molar refractivity (Wildman–Crippen MR) is 75.2 cm³/mol. The van der Waals surface area contributed by atoms with E-state index in [4.69, 9.17) is 5.73 Å². The molecule has 2 unspecified atom stereocenters. The largest absolute Gasteiger partial charge is 0.329 e. The second kappa shape index (κ2) is 5.51. The zero-order valence-corrected chi connectivity index (χ0v) is 11.8. The fourth-order valence-corrected chi connectivity index (χ4v) is 3.97. The Hall–Kier alpha value is -0.380. The number of thiophene rings is 1. The Balaban J connectivity index is 2.10. The van der Waals surface area contributed by atoms with Crippen LogP contribution in [0.1, 0.15) is 37.5 Å². The summed E-state index contributed by atoms with van der Waals surface area (Å²) in [6, 6.07) is 4.35. The number of nitrogens with two attached hydrogens (primary N) is 1. The van der Waals surface area contributed by atoms with Crippen LogP contribution in [-0.4, -0.2) is 24.0 Å². The van der Waals surface area contributed by atoms with E-state index in [0.29, 0.717) is 5.92 Å². The molecule has 2 N–H and O–H groups in total. The maximum Gasteiger partial charge on any atom is 0.0358 e. The van der Waals surface area contributed by atoms with Crippen molar-refractivity contribution >= 4 is 11.3 Å². The monoisotopic (exact) mass is 252 g/mol. The zero-order valence-electron chi connectivity index (χ0n) is 11.0. The minimum Gasteiger partial charge on any atom is -0.329 e. The summed E-state index contributed by atoms with van der Waals surface area (Å²) >= 11 is 1.84. The normalized spacial score (nSPS) is 29.8. The first-order valence-corrected chi connectivity index (χ1v) is 7.51. The van der Waals surface area contributed by atoms with E-state index in [9.17, 15) is 0 Å². The Morgan fingerprint density at radius 3 is 2.94 bits per heavy atom. The van der Waals surface area contributed by atoms with Crippen LogP contribution >= 0.6 is 11.3 Å². The minimum atomic E-state index is 0.224. The minimum absolute atomic E-state index is 0.224. The number of likely N-dealkylation sites (N-methyl/N-ethyl adjacent to an activating group) is 1. The first-order valence-electron chi connectivity index (χ1n) is 6.63. The molecule has 1 saturated carbocycles. The van der Waals surface area contributed by atoms with E-state index in [1.165, 1.54) is 30.6 Å². The first kappa shape index (κ1) is 13.1. The Kier molecular flexibility index (Phi) is 4.23. The van der Waals surface area contributed by atoms with E-state index in [-0.39, 0.29) is 5.54 Å². The molecule has 2 rings (SSSR count). The molecule has 2 atom stereocenters. The summed E-state index contributed by atoms with van der Waals surface area (Å²) in [6.07, 6.45) is 5.28. The van der Waals surface area contributed by atoms with Crippen LogP contribution in [0, 0.1) is 5.92 Å². The molecular formula is C14H24N2S. The van der Waals surface area contributed by atoms with Gasteiger partial charge in [0.1, 0.15) is 0 Å². The molecule has 0 radical (unpaired) electrons. The van der Waals surface area contributed by atoms with Crippen molar-refractivity contribution in [2.75, 3.05) is 13.6 Å². The van der Waals surface area contributed by atoms with Gasteiger partial charge in [-0.2, -0.15) is 0 Å². The van der Waals surface area contributed by atoms with E-state index < -0.39 is 0 Å². The highest BCUT2D eigenvalue weighted by atomic mass is 32.1. The fourth-order valence-electron chi connectivity index (χ4n) is 3.22. The van der Waals surface area contributed by atoms with E-state index in [0.717, 1.165) is 13.1 Å². The summed E-state index contributed by atoms with van der Waals surface area (Å²) in [7, 11) is 2.24. The molecule has 1 aliphatic carbocycles. The summed E-state index contributed by atoms with van der Waals surface area (Å²) < 4.78 is 0. The smallest absolute Gasteiger partial charge is 0.0358 e. The van der Waals surface area contributed by atoms with Crippen LogP contribution in [0.25, 0.3) is 0 Å². The molecule has 0 saturated heterocycles. The summed E-state index contributed by atoms with van der Waals surface area (Å²) in [6.45, 7) is 4.20. The van der Waals surface area contributed by atoms with Crippen molar-refractivity contribution in [3.8, 4) is 0 Å². The van der Waals surface area contributed by atoms with Crippen LogP contribution in [0.4, 0.5) is 0 Å². The quantitative estimate of drug-likeness (QED) is 0.892. The number of nitrogens with zero attached hydrogens (tertiary/aromatic N) is 1. The topological polar surface area (TPSA) is 29.3 Å². The Bertz CT molecular complexity index is 336. The van der Waals surface area contributed by atoms with Gasteiger partial charge in [-0.3, -0.25) is 4.90 Å². The molecule has 0 bridgehead atoms. The van der Waals surface area contributed by atoms with Gasteiger partial charge in [-0.1, -0.05) is 25.8 Å². The molecule has 0 spiro atoms. The average Bonchev–Trinajstić information content (AvgIpc) is 2.82. The predicted octanol–water partition coefficient (Wildman–Crippen LogP) is 3.09. The molecule has 3 heteroatoms. The molecule has 0 amide bonds. The van der Waals surface area contributed by atoms with Crippen LogP contribution in [0.2, 0.25) is 0 Å². The molecule has 2 nitrogen and oxygen atoms in total. The van der Waals surface area contributed by atoms with Crippen molar-refractivity contribution in [3.05, 3.63) is 22.4 Å². The Labute approximate surface area is 109 Å². The fraction of sp³-hybridized carbons (Fsp3) is 0.714. The number of rotatable bonds is 4. The highest BCUT2D eigenvalue weighted by molar-refractivity contribution is 7.09. The summed E-state index contributed by atoms with van der Waals surface area (Å²) in [5.74, 6) is 0.714. The molecule has 0 aromatic carbocycles. The molecule has 1 aromatic heterocycles. The molecule has 17 heavy (non-hydrogen) atoms. The highest BCUT2D eigenvalue weighted by Gasteiger charge is 2.40. The third kappa shape index (κ3) is 2.56. The van der Waals surface area contributed by atoms with Crippen LogP contribution < -0.4 is 5.73 Å². The van der Waals surface area contributed by atoms with Crippen LogP contribution in [0.5, 0.6) is 0 Å². The van der Waals surface area contributed by atoms with Gasteiger partial charge in [0.05, 0.1) is 0 Å². The second-order valence-corrected chi connectivity index (χ2v) is 6.42. The molecule has 0 aliphatic heterocycles. The van der Waals surface area contributed by atoms with Gasteiger partial charge in [-0.15, -0.1) is 11.3 Å². The highest BCUT2D eigenvalue weighted by Crippen LogP contribution is 2.37. The maximum atomic E-state index is 6.12. The molecule has 96 valence electrons. The van der Waals surface area contributed by atoms with Crippen molar-refractivity contribution in [1.29, 1.82) is 0 Å². The summed E-state index contributed by atoms with van der Waals surface area (Å²) in [5, 5.41) is 2.16. The molecular weight excluding hydrogens is 228 g/mol. The third-order valence-corrected chi connectivity index (χ3v) is 5.36. The van der Waals surface area contributed by atoms with Gasteiger partial charge in [-0.05, 0) is 37.3 Å². The van der Waals surface area contributed by atoms with Gasteiger partial charge in [0, 0.05) is 23.5 Å². The van der Waals surface area contributed by atoms with Crippen molar-refractivity contribution < 1.29 is 0 Å². The van der Waals surface area contributed by atoms with Crippen molar-refractivity contribution in [3.63, 3.8) is 0 Å². The second-order valence-electron chi connectivity index (χ2n) is 5.39. The lowest BCUT2D eigenvalue weighted by Gasteiger charge is -2.48. The Morgan fingerprint density at radius 1 is 1.53 bits per heavy atom. The third-order valence-electron chi connectivity index (χ3n) is 4.50. The van der Waals surface area contributed by atoms with Gasteiger partial charge >= 0.3 is 0 Å². The maximum absolute atomic E-state index is 6.12. The van der Waals surface area contributed by atoms with Gasteiger partial charge in [0.2, 0.25) is 0 Å².